The van der Waals surface area contributed by atoms with E-state index in [0.717, 1.165) is 24.0 Å². The third-order valence-electron chi connectivity index (χ3n) is 6.28. The van der Waals surface area contributed by atoms with Gasteiger partial charge in [-0.3, -0.25) is 4.79 Å². The number of hydrogen-bond donors (Lipinski definition) is 0. The van der Waals surface area contributed by atoms with Crippen LogP contribution >= 0.6 is 0 Å². The molecule has 4 rings (SSSR count). The lowest BCUT2D eigenvalue weighted by Crippen LogP contribution is -2.37. The van der Waals surface area contributed by atoms with E-state index in [1.165, 1.54) is 5.56 Å². The van der Waals surface area contributed by atoms with Gasteiger partial charge in [0.2, 0.25) is 11.8 Å². The summed E-state index contributed by atoms with van der Waals surface area (Å²) in [6.07, 6.45) is 1.82. The SMILES string of the molecule is Cc1ccc(C(=O)N2CC(c3nnc(C(C)C)o3)C3(CCOCC3)C2)c(C)c1. The molecule has 1 unspecified atom stereocenters. The van der Waals surface area contributed by atoms with Crippen molar-refractivity contribution in [2.24, 2.45) is 5.41 Å². The van der Waals surface area contributed by atoms with Crippen molar-refractivity contribution in [1.29, 1.82) is 0 Å². The molecule has 6 nitrogen and oxygen atoms in total. The van der Waals surface area contributed by atoms with Crippen molar-refractivity contribution < 1.29 is 13.9 Å². The van der Waals surface area contributed by atoms with Gasteiger partial charge in [-0.1, -0.05) is 31.5 Å². The molecule has 2 aliphatic heterocycles. The molecule has 150 valence electrons. The average Bonchev–Trinajstić information content (AvgIpc) is 3.27. The number of aromatic nitrogens is 2. The first-order valence-electron chi connectivity index (χ1n) is 10.2. The largest absolute Gasteiger partial charge is 0.425 e. The zero-order chi connectivity index (χ0) is 19.9. The van der Waals surface area contributed by atoms with Crippen LogP contribution in [-0.2, 0) is 4.74 Å². The fraction of sp³-hybridized carbons (Fsp3) is 0.591. The number of ether oxygens (including phenoxy) is 1. The van der Waals surface area contributed by atoms with Gasteiger partial charge in [-0.2, -0.15) is 0 Å². The van der Waals surface area contributed by atoms with E-state index in [9.17, 15) is 4.79 Å². The van der Waals surface area contributed by atoms with E-state index in [4.69, 9.17) is 9.15 Å². The van der Waals surface area contributed by atoms with E-state index in [-0.39, 0.29) is 23.2 Å². The summed E-state index contributed by atoms with van der Waals surface area (Å²) in [7, 11) is 0. The molecule has 2 saturated heterocycles. The van der Waals surface area contributed by atoms with Crippen molar-refractivity contribution in [3.63, 3.8) is 0 Å². The van der Waals surface area contributed by atoms with Crippen LogP contribution in [-0.4, -0.2) is 47.3 Å². The number of nitrogens with zero attached hydrogens (tertiary/aromatic N) is 3. The van der Waals surface area contributed by atoms with Crippen molar-refractivity contribution >= 4 is 5.91 Å². The second kappa shape index (κ2) is 7.32. The Kier molecular flexibility index (Phi) is 5.00. The van der Waals surface area contributed by atoms with Gasteiger partial charge in [0.15, 0.2) is 0 Å². The Balaban J connectivity index is 1.65. The van der Waals surface area contributed by atoms with Crippen molar-refractivity contribution in [1.82, 2.24) is 15.1 Å². The summed E-state index contributed by atoms with van der Waals surface area (Å²) in [6, 6.07) is 6.02. The number of aryl methyl sites for hydroxylation is 2. The molecule has 6 heteroatoms. The Hall–Kier alpha value is -2.21. The molecule has 1 aromatic carbocycles. The van der Waals surface area contributed by atoms with Gasteiger partial charge >= 0.3 is 0 Å². The smallest absolute Gasteiger partial charge is 0.254 e. The Morgan fingerprint density at radius 1 is 1.21 bits per heavy atom. The molecular weight excluding hydrogens is 354 g/mol. The van der Waals surface area contributed by atoms with Gasteiger partial charge < -0.3 is 14.1 Å². The molecule has 0 aliphatic carbocycles. The standard InChI is InChI=1S/C22H29N3O3/c1-14(2)19-23-24-20(28-19)18-12-25(13-22(18)7-9-27-10-8-22)21(26)17-6-5-15(3)11-16(17)4/h5-6,11,14,18H,7-10,12-13H2,1-4H3. The van der Waals surface area contributed by atoms with Gasteiger partial charge in [-0.15, -0.1) is 10.2 Å². The quantitative estimate of drug-likeness (QED) is 0.805. The second-order valence-corrected chi connectivity index (χ2v) is 8.66. The highest BCUT2D eigenvalue weighted by molar-refractivity contribution is 5.96. The maximum atomic E-state index is 13.3. The fourth-order valence-electron chi connectivity index (χ4n) is 4.59. The minimum Gasteiger partial charge on any atom is -0.425 e. The Bertz CT molecular complexity index is 868. The molecule has 0 N–H and O–H groups in total. The predicted octanol–water partition coefficient (Wildman–Crippen LogP) is 3.85. The van der Waals surface area contributed by atoms with E-state index >= 15 is 0 Å². The molecule has 28 heavy (non-hydrogen) atoms. The monoisotopic (exact) mass is 383 g/mol. The van der Waals surface area contributed by atoms with Crippen molar-refractivity contribution in [3.05, 3.63) is 46.7 Å². The van der Waals surface area contributed by atoms with Gasteiger partial charge in [0.05, 0.1) is 5.92 Å². The molecule has 0 bridgehead atoms. The summed E-state index contributed by atoms with van der Waals surface area (Å²) >= 11 is 0. The predicted molar refractivity (Wildman–Crippen MR) is 105 cm³/mol. The van der Waals surface area contributed by atoms with E-state index in [1.54, 1.807) is 0 Å². The topological polar surface area (TPSA) is 68.5 Å². The molecule has 1 spiro atoms. The lowest BCUT2D eigenvalue weighted by Gasteiger charge is -2.36. The molecule has 3 heterocycles. The van der Waals surface area contributed by atoms with Crippen molar-refractivity contribution in [2.45, 2.75) is 52.4 Å². The minimum absolute atomic E-state index is 0.0483. The highest BCUT2D eigenvalue weighted by Gasteiger charge is 2.51. The van der Waals surface area contributed by atoms with E-state index in [1.807, 2.05) is 44.7 Å². The van der Waals surface area contributed by atoms with E-state index in [2.05, 4.69) is 16.3 Å². The first-order valence-corrected chi connectivity index (χ1v) is 10.2. The normalized spacial score (nSPS) is 21.6. The summed E-state index contributed by atoms with van der Waals surface area (Å²) in [5.74, 6) is 1.68. The number of likely N-dealkylation sites (tertiary alicyclic amines) is 1. The number of amides is 1. The third-order valence-corrected chi connectivity index (χ3v) is 6.28. The lowest BCUT2D eigenvalue weighted by molar-refractivity contribution is 0.00887. The van der Waals surface area contributed by atoms with Crippen LogP contribution in [0.5, 0.6) is 0 Å². The minimum atomic E-state index is -0.0483. The molecule has 2 fully saturated rings. The van der Waals surface area contributed by atoms with Crippen LogP contribution in [0.1, 0.15) is 71.8 Å². The number of benzene rings is 1. The van der Waals surface area contributed by atoms with Gasteiger partial charge in [0.1, 0.15) is 0 Å². The summed E-state index contributed by atoms with van der Waals surface area (Å²) < 4.78 is 11.7. The molecular formula is C22H29N3O3. The molecule has 2 aromatic rings. The summed E-state index contributed by atoms with van der Waals surface area (Å²) in [5, 5.41) is 8.61. The number of rotatable bonds is 3. The van der Waals surface area contributed by atoms with Gasteiger partial charge in [0.25, 0.3) is 5.91 Å². The summed E-state index contributed by atoms with van der Waals surface area (Å²) in [5.41, 5.74) is 2.92. The van der Waals surface area contributed by atoms with Crippen LogP contribution in [0.2, 0.25) is 0 Å². The van der Waals surface area contributed by atoms with Gasteiger partial charge in [-0.25, -0.2) is 0 Å². The summed E-state index contributed by atoms with van der Waals surface area (Å²) in [6.45, 7) is 10.9. The first kappa shape index (κ1) is 19.1. The zero-order valence-corrected chi connectivity index (χ0v) is 17.2. The molecule has 1 aromatic heterocycles. The highest BCUT2D eigenvalue weighted by Crippen LogP contribution is 2.49. The van der Waals surface area contributed by atoms with Crippen LogP contribution in [0, 0.1) is 19.3 Å². The molecule has 2 aliphatic rings. The fourth-order valence-corrected chi connectivity index (χ4v) is 4.59. The van der Waals surface area contributed by atoms with Crippen molar-refractivity contribution in [2.75, 3.05) is 26.3 Å². The Morgan fingerprint density at radius 3 is 2.61 bits per heavy atom. The van der Waals surface area contributed by atoms with Crippen LogP contribution in [0.25, 0.3) is 0 Å². The lowest BCUT2D eigenvalue weighted by atomic mass is 9.72. The molecule has 1 amide bonds. The number of hydrogen-bond acceptors (Lipinski definition) is 5. The van der Waals surface area contributed by atoms with Crippen LogP contribution in [0.4, 0.5) is 0 Å². The molecule has 1 atom stereocenters. The Morgan fingerprint density at radius 2 is 1.96 bits per heavy atom. The van der Waals surface area contributed by atoms with Crippen molar-refractivity contribution in [3.8, 4) is 0 Å². The third kappa shape index (κ3) is 3.34. The second-order valence-electron chi connectivity index (χ2n) is 8.66. The van der Waals surface area contributed by atoms with Crippen LogP contribution in [0.15, 0.2) is 22.6 Å². The maximum Gasteiger partial charge on any atom is 0.254 e. The zero-order valence-electron chi connectivity index (χ0n) is 17.2. The Labute approximate surface area is 166 Å². The van der Waals surface area contributed by atoms with Crippen LogP contribution in [0.3, 0.4) is 0 Å². The van der Waals surface area contributed by atoms with Crippen LogP contribution < -0.4 is 0 Å². The van der Waals surface area contributed by atoms with Gasteiger partial charge in [0, 0.05) is 43.2 Å². The van der Waals surface area contributed by atoms with E-state index in [0.29, 0.717) is 38.1 Å². The maximum absolute atomic E-state index is 13.3. The van der Waals surface area contributed by atoms with Gasteiger partial charge in [-0.05, 0) is 38.3 Å². The summed E-state index contributed by atoms with van der Waals surface area (Å²) in [4.78, 5) is 15.3. The average molecular weight is 383 g/mol. The number of carbonyl (C=O) groups excluding carboxylic acids is 1. The highest BCUT2D eigenvalue weighted by atomic mass is 16.5. The molecule has 0 saturated carbocycles. The van der Waals surface area contributed by atoms with E-state index < -0.39 is 0 Å². The first-order chi connectivity index (χ1) is 13.4. The molecule has 0 radical (unpaired) electrons. The number of carbonyl (C=O) groups is 1.